The molecule has 0 fully saturated rings. The zero-order valence-corrected chi connectivity index (χ0v) is 9.11. The van der Waals surface area contributed by atoms with Crippen molar-refractivity contribution in [2.24, 2.45) is 0 Å². The van der Waals surface area contributed by atoms with Crippen molar-refractivity contribution in [2.45, 2.75) is 19.3 Å². The number of aryl methyl sites for hydroxylation is 1. The maximum absolute atomic E-state index is 5.71. The fourth-order valence-electron chi connectivity index (χ4n) is 2.40. The molecule has 1 aromatic carbocycles. The van der Waals surface area contributed by atoms with Gasteiger partial charge in [0.25, 0.3) is 0 Å². The quantitative estimate of drug-likeness (QED) is 0.735. The van der Waals surface area contributed by atoms with Crippen LogP contribution in [0, 0.1) is 0 Å². The topological polar surface area (TPSA) is 38.9 Å². The molecule has 80 valence electrons. The van der Waals surface area contributed by atoms with Crippen molar-refractivity contribution < 1.29 is 0 Å². The molecule has 1 aromatic heterocycles. The van der Waals surface area contributed by atoms with E-state index < -0.39 is 0 Å². The first-order chi connectivity index (χ1) is 7.84. The minimum atomic E-state index is 0.814. The number of nitrogen functional groups attached to an aromatic ring is 1. The lowest BCUT2D eigenvalue weighted by molar-refractivity contribution is 0.899. The predicted molar refractivity (Wildman–Crippen MR) is 66.1 cm³/mol. The molecule has 1 aliphatic rings. The molecule has 3 rings (SSSR count). The Morgan fingerprint density at radius 1 is 1.00 bits per heavy atom. The first-order valence-electron chi connectivity index (χ1n) is 5.67. The number of anilines is 1. The van der Waals surface area contributed by atoms with E-state index in [2.05, 4.69) is 23.2 Å². The number of benzene rings is 1. The van der Waals surface area contributed by atoms with Gasteiger partial charge in [0, 0.05) is 17.6 Å². The molecule has 0 bridgehead atoms. The number of hydrogen-bond acceptors (Lipinski definition) is 2. The third-order valence-corrected chi connectivity index (χ3v) is 3.21. The third-order valence-electron chi connectivity index (χ3n) is 3.21. The molecular weight excluding hydrogens is 196 g/mol. The maximum atomic E-state index is 5.71. The van der Waals surface area contributed by atoms with Gasteiger partial charge >= 0.3 is 0 Å². The lowest BCUT2D eigenvalue weighted by atomic mass is 10.00. The summed E-state index contributed by atoms with van der Waals surface area (Å²) in [6, 6.07) is 10.2. The van der Waals surface area contributed by atoms with Gasteiger partial charge in [0.15, 0.2) is 0 Å². The smallest absolute Gasteiger partial charge is 0.0441 e. The van der Waals surface area contributed by atoms with Gasteiger partial charge < -0.3 is 5.73 Å². The zero-order valence-electron chi connectivity index (χ0n) is 9.11. The summed E-state index contributed by atoms with van der Waals surface area (Å²) in [6.07, 6.45) is 5.42. The van der Waals surface area contributed by atoms with E-state index in [0.29, 0.717) is 0 Å². The molecule has 0 unspecified atom stereocenters. The summed E-state index contributed by atoms with van der Waals surface area (Å²) in [5, 5.41) is 0. The van der Waals surface area contributed by atoms with Crippen LogP contribution >= 0.6 is 0 Å². The van der Waals surface area contributed by atoms with Crippen LogP contribution < -0.4 is 5.73 Å². The molecule has 0 saturated carbocycles. The second-order valence-corrected chi connectivity index (χ2v) is 4.26. The van der Waals surface area contributed by atoms with Gasteiger partial charge in [-0.05, 0) is 54.2 Å². The summed E-state index contributed by atoms with van der Waals surface area (Å²) in [7, 11) is 0. The second kappa shape index (κ2) is 3.63. The molecule has 16 heavy (non-hydrogen) atoms. The van der Waals surface area contributed by atoms with Crippen molar-refractivity contribution >= 4 is 5.69 Å². The first kappa shape index (κ1) is 9.40. The number of hydrogen-bond donors (Lipinski definition) is 1. The average Bonchev–Trinajstić information content (AvgIpc) is 2.78. The molecule has 0 spiro atoms. The van der Waals surface area contributed by atoms with Gasteiger partial charge in [-0.1, -0.05) is 12.1 Å². The summed E-state index contributed by atoms with van der Waals surface area (Å²) in [4.78, 5) is 4.44. The van der Waals surface area contributed by atoms with Crippen molar-refractivity contribution in [3.63, 3.8) is 0 Å². The number of pyridine rings is 1. The van der Waals surface area contributed by atoms with Crippen LogP contribution in [0.4, 0.5) is 5.69 Å². The normalized spacial score (nSPS) is 13.8. The molecule has 0 amide bonds. The molecule has 2 nitrogen and oxygen atoms in total. The van der Waals surface area contributed by atoms with E-state index >= 15 is 0 Å². The Morgan fingerprint density at radius 2 is 1.81 bits per heavy atom. The Hall–Kier alpha value is -1.83. The van der Waals surface area contributed by atoms with E-state index in [1.54, 1.807) is 0 Å². The van der Waals surface area contributed by atoms with Crippen molar-refractivity contribution in [2.75, 3.05) is 5.73 Å². The van der Waals surface area contributed by atoms with E-state index in [9.17, 15) is 0 Å². The lowest BCUT2D eigenvalue weighted by Gasteiger charge is -2.07. The van der Waals surface area contributed by atoms with Crippen LogP contribution in [0.15, 0.2) is 36.5 Å². The largest absolute Gasteiger partial charge is 0.399 e. The third kappa shape index (κ3) is 1.47. The molecule has 2 N–H and O–H groups in total. The Morgan fingerprint density at radius 3 is 2.62 bits per heavy atom. The van der Waals surface area contributed by atoms with Gasteiger partial charge in [-0.3, -0.25) is 4.98 Å². The highest BCUT2D eigenvalue weighted by atomic mass is 14.7. The average molecular weight is 210 g/mol. The molecule has 2 heteroatoms. The van der Waals surface area contributed by atoms with E-state index in [4.69, 9.17) is 5.73 Å². The summed E-state index contributed by atoms with van der Waals surface area (Å²) in [5.41, 5.74) is 11.8. The van der Waals surface area contributed by atoms with E-state index in [1.807, 2.05) is 18.3 Å². The molecule has 0 radical (unpaired) electrons. The van der Waals surface area contributed by atoms with Crippen LogP contribution in [-0.2, 0) is 12.8 Å². The van der Waals surface area contributed by atoms with Gasteiger partial charge in [0.2, 0.25) is 0 Å². The predicted octanol–water partition coefficient (Wildman–Crippen LogP) is 2.82. The van der Waals surface area contributed by atoms with Crippen LogP contribution in [0.3, 0.4) is 0 Å². The highest BCUT2D eigenvalue weighted by Crippen LogP contribution is 2.31. The number of rotatable bonds is 1. The van der Waals surface area contributed by atoms with Gasteiger partial charge in [0.1, 0.15) is 0 Å². The molecule has 2 aromatic rings. The number of nitrogens with zero attached hydrogens (tertiary/aromatic N) is 1. The Balaban J connectivity index is 2.13. The summed E-state index contributed by atoms with van der Waals surface area (Å²) >= 11 is 0. The maximum Gasteiger partial charge on any atom is 0.0441 e. The van der Waals surface area contributed by atoms with Gasteiger partial charge in [-0.15, -0.1) is 0 Å². The SMILES string of the molecule is Nc1ccc(-c2ccnc3c2CCC3)cc1. The fraction of sp³-hybridized carbons (Fsp3) is 0.214. The monoisotopic (exact) mass is 210 g/mol. The van der Waals surface area contributed by atoms with Crippen LogP contribution in [0.1, 0.15) is 17.7 Å². The fourth-order valence-corrected chi connectivity index (χ4v) is 2.40. The van der Waals surface area contributed by atoms with E-state index in [1.165, 1.54) is 28.8 Å². The summed E-state index contributed by atoms with van der Waals surface area (Å²) < 4.78 is 0. The Bertz CT molecular complexity index is 515. The van der Waals surface area contributed by atoms with Crippen LogP contribution in [0.2, 0.25) is 0 Å². The molecule has 1 heterocycles. The van der Waals surface area contributed by atoms with Gasteiger partial charge in [-0.2, -0.15) is 0 Å². The molecule has 0 aliphatic heterocycles. The van der Waals surface area contributed by atoms with Crippen molar-refractivity contribution in [1.29, 1.82) is 0 Å². The molecular formula is C14H14N2. The lowest BCUT2D eigenvalue weighted by Crippen LogP contribution is -1.92. The highest BCUT2D eigenvalue weighted by Gasteiger charge is 2.16. The van der Waals surface area contributed by atoms with Gasteiger partial charge in [0.05, 0.1) is 0 Å². The standard InChI is InChI=1S/C14H14N2/c15-11-6-4-10(5-7-11)12-8-9-16-14-3-1-2-13(12)14/h4-9H,1-3,15H2. The zero-order chi connectivity index (χ0) is 11.0. The second-order valence-electron chi connectivity index (χ2n) is 4.26. The Kier molecular flexibility index (Phi) is 2.13. The molecule has 0 saturated heterocycles. The number of fused-ring (bicyclic) bond motifs is 1. The van der Waals surface area contributed by atoms with Crippen molar-refractivity contribution in [3.8, 4) is 11.1 Å². The van der Waals surface area contributed by atoms with Crippen LogP contribution in [0.5, 0.6) is 0 Å². The van der Waals surface area contributed by atoms with Crippen molar-refractivity contribution in [1.82, 2.24) is 4.98 Å². The summed E-state index contributed by atoms with van der Waals surface area (Å²) in [6.45, 7) is 0. The van der Waals surface area contributed by atoms with E-state index in [0.717, 1.165) is 18.5 Å². The molecule has 0 atom stereocenters. The van der Waals surface area contributed by atoms with E-state index in [-0.39, 0.29) is 0 Å². The Labute approximate surface area is 95.1 Å². The van der Waals surface area contributed by atoms with Crippen molar-refractivity contribution in [3.05, 3.63) is 47.8 Å². The van der Waals surface area contributed by atoms with Crippen LogP contribution in [-0.4, -0.2) is 4.98 Å². The summed E-state index contributed by atoms with van der Waals surface area (Å²) in [5.74, 6) is 0. The van der Waals surface area contributed by atoms with Crippen LogP contribution in [0.25, 0.3) is 11.1 Å². The number of aromatic nitrogens is 1. The number of nitrogens with two attached hydrogens (primary N) is 1. The first-order valence-corrected chi connectivity index (χ1v) is 5.67. The van der Waals surface area contributed by atoms with Gasteiger partial charge in [-0.25, -0.2) is 0 Å². The minimum Gasteiger partial charge on any atom is -0.399 e. The highest BCUT2D eigenvalue weighted by molar-refractivity contribution is 5.70. The minimum absolute atomic E-state index is 0.814. The molecule has 1 aliphatic carbocycles.